The third-order valence-corrected chi connectivity index (χ3v) is 8.23. The number of carbonyl (C=O) groups is 2. The minimum atomic E-state index is -0.285. The number of benzene rings is 2. The van der Waals surface area contributed by atoms with Crippen molar-refractivity contribution in [2.45, 2.75) is 13.5 Å². The highest BCUT2D eigenvalue weighted by Gasteiger charge is 2.30. The van der Waals surface area contributed by atoms with E-state index >= 15 is 0 Å². The van der Waals surface area contributed by atoms with E-state index in [1.165, 1.54) is 11.9 Å². The Morgan fingerprint density at radius 3 is 2.72 bits per heavy atom. The van der Waals surface area contributed by atoms with Gasteiger partial charge in [-0.3, -0.25) is 14.5 Å². The fourth-order valence-electron chi connectivity index (χ4n) is 5.83. The molecule has 11 nitrogen and oxygen atoms in total. The summed E-state index contributed by atoms with van der Waals surface area (Å²) in [5, 5.41) is 10.3. The molecule has 0 aliphatic carbocycles. The van der Waals surface area contributed by atoms with E-state index in [1.807, 2.05) is 31.2 Å². The summed E-state index contributed by atoms with van der Waals surface area (Å²) in [5.74, 6) is 0.473. The van der Waals surface area contributed by atoms with Crippen LogP contribution in [0.5, 0.6) is 0 Å². The largest absolute Gasteiger partial charge is 0.379 e. The summed E-state index contributed by atoms with van der Waals surface area (Å²) in [4.78, 5) is 40.3. The molecule has 0 spiro atoms. The molecule has 2 aliphatic rings. The van der Waals surface area contributed by atoms with Crippen LogP contribution in [0.4, 0.5) is 17.3 Å². The number of hydrogen-bond acceptors (Lipinski definition) is 7. The normalized spacial score (nSPS) is 15.4. The second kappa shape index (κ2) is 13.6. The van der Waals surface area contributed by atoms with Crippen LogP contribution in [-0.4, -0.2) is 75.6 Å². The fourth-order valence-corrected chi connectivity index (χ4v) is 5.83. The van der Waals surface area contributed by atoms with Crippen molar-refractivity contribution < 1.29 is 14.3 Å². The number of H-pyrrole nitrogens is 1. The van der Waals surface area contributed by atoms with Crippen molar-refractivity contribution >= 4 is 64.1 Å². The monoisotopic (exact) mass is 638 g/mol. The smallest absolute Gasteiger partial charge is 0.267 e. The van der Waals surface area contributed by atoms with Crippen LogP contribution in [0.2, 0.25) is 0 Å². The Morgan fingerprint density at radius 2 is 1.89 bits per heavy atom. The number of morpholine rings is 1. The summed E-state index contributed by atoms with van der Waals surface area (Å²) in [7, 11) is 0. The number of nitrogens with zero attached hydrogens (tertiary/aromatic N) is 4. The molecule has 2 amide bonds. The number of aromatic nitrogens is 4. The first-order valence-corrected chi connectivity index (χ1v) is 15.1. The molecule has 1 saturated heterocycles. The predicted octanol–water partition coefficient (Wildman–Crippen LogP) is 4.84. The molecule has 2 aromatic carbocycles. The number of amides is 2. The number of aromatic amines is 1. The van der Waals surface area contributed by atoms with Crippen LogP contribution in [0, 0.1) is 6.92 Å². The molecule has 46 heavy (non-hydrogen) atoms. The van der Waals surface area contributed by atoms with Crippen LogP contribution in [0.1, 0.15) is 32.9 Å². The van der Waals surface area contributed by atoms with Crippen molar-refractivity contribution in [2.24, 2.45) is 0 Å². The lowest BCUT2D eigenvalue weighted by atomic mass is 10.1. The molecule has 4 N–H and O–H groups in total. The van der Waals surface area contributed by atoms with E-state index in [0.29, 0.717) is 40.7 Å². The Kier molecular flexibility index (Phi) is 9.16. The summed E-state index contributed by atoms with van der Waals surface area (Å²) >= 11 is 0. The highest BCUT2D eigenvalue weighted by atomic mass is 35.5. The lowest BCUT2D eigenvalue weighted by Crippen LogP contribution is -2.41. The number of carbonyl (C=O) groups excluding carboxylic acids is 2. The maximum atomic E-state index is 13.1. The molecular formula is C34H35ClN8O3. The van der Waals surface area contributed by atoms with Crippen molar-refractivity contribution in [1.29, 1.82) is 0 Å². The summed E-state index contributed by atoms with van der Waals surface area (Å²) in [6, 6.07) is 20.4. The van der Waals surface area contributed by atoms with Crippen molar-refractivity contribution in [1.82, 2.24) is 29.7 Å². The molecule has 2 aliphatic heterocycles. The Bertz CT molecular complexity index is 1910. The Hall–Kier alpha value is -4.97. The summed E-state index contributed by atoms with van der Waals surface area (Å²) in [6.07, 6.45) is 5.27. The molecule has 0 radical (unpaired) electrons. The number of aryl methyl sites for hydroxylation is 1. The van der Waals surface area contributed by atoms with E-state index < -0.39 is 0 Å². The molecule has 236 valence electrons. The molecule has 0 bridgehead atoms. The van der Waals surface area contributed by atoms with Crippen molar-refractivity contribution in [3.63, 3.8) is 0 Å². The Labute approximate surface area is 272 Å². The minimum absolute atomic E-state index is 0. The quantitative estimate of drug-likeness (QED) is 0.170. The summed E-state index contributed by atoms with van der Waals surface area (Å²) in [5.41, 5.74) is 6.14. The van der Waals surface area contributed by atoms with Gasteiger partial charge in [0.25, 0.3) is 11.8 Å². The van der Waals surface area contributed by atoms with Gasteiger partial charge in [0.15, 0.2) is 0 Å². The average Bonchev–Trinajstić information content (AvgIpc) is 3.73. The van der Waals surface area contributed by atoms with Crippen molar-refractivity contribution in [3.8, 4) is 0 Å². The predicted molar refractivity (Wildman–Crippen MR) is 182 cm³/mol. The molecule has 0 atom stereocenters. The Balaban J connectivity index is 0.00000372. The zero-order valence-corrected chi connectivity index (χ0v) is 26.2. The third-order valence-electron chi connectivity index (χ3n) is 8.23. The molecule has 1 fully saturated rings. The summed E-state index contributed by atoms with van der Waals surface area (Å²) < 4.78 is 7.61. The molecule has 12 heteroatoms. The number of anilines is 3. The molecule has 0 unspecified atom stereocenters. The van der Waals surface area contributed by atoms with Gasteiger partial charge in [-0.15, -0.1) is 12.4 Å². The highest BCUT2D eigenvalue weighted by molar-refractivity contribution is 6.35. The maximum Gasteiger partial charge on any atom is 0.267 e. The molecule has 0 saturated carbocycles. The number of fused-ring (bicyclic) bond motifs is 2. The second-order valence-electron chi connectivity index (χ2n) is 11.3. The zero-order valence-electron chi connectivity index (χ0n) is 25.4. The van der Waals surface area contributed by atoms with E-state index in [-0.39, 0.29) is 24.2 Å². The van der Waals surface area contributed by atoms with E-state index in [0.717, 1.165) is 61.5 Å². The number of nitrogens with one attached hydrogen (secondary N) is 4. The van der Waals surface area contributed by atoms with Crippen LogP contribution in [0.25, 0.3) is 22.6 Å². The molecular weight excluding hydrogens is 604 g/mol. The van der Waals surface area contributed by atoms with Crippen molar-refractivity contribution in [2.75, 3.05) is 50.0 Å². The second-order valence-corrected chi connectivity index (χ2v) is 11.3. The van der Waals surface area contributed by atoms with E-state index in [4.69, 9.17) is 4.74 Å². The SMILES string of the molecule is Cc1cc(C(=O)NCCN2CCOCC2)[nH]c1C=C1C(=O)Nc2ncnc(Nc3ccc4c(ccn4Cc4ccccc4)c3)c21.Cl. The molecule has 5 heterocycles. The lowest BCUT2D eigenvalue weighted by Gasteiger charge is -2.26. The molecule has 3 aromatic heterocycles. The van der Waals surface area contributed by atoms with Crippen LogP contribution < -0.4 is 16.0 Å². The lowest BCUT2D eigenvalue weighted by molar-refractivity contribution is -0.110. The standard InChI is InChI=1S/C34H34N8O3.ClH/c1-22-17-28(34(44)35-10-12-41-13-15-45-16-14-41)39-27(22)19-26-30-31(36-21-37-32(30)40-33(26)43)38-25-7-8-29-24(18-25)9-11-42(29)20-23-5-3-2-4-6-23;/h2-9,11,17-19,21,39H,10,12-16,20H2,1H3,(H,35,44)(H2,36,37,38,40,43);1H. The average molecular weight is 639 g/mol. The topological polar surface area (TPSA) is 129 Å². The maximum absolute atomic E-state index is 13.1. The number of rotatable bonds is 9. The van der Waals surface area contributed by atoms with E-state index in [1.54, 1.807) is 12.1 Å². The van der Waals surface area contributed by atoms with Gasteiger partial charge in [0, 0.05) is 61.2 Å². The Morgan fingerprint density at radius 1 is 1.07 bits per heavy atom. The van der Waals surface area contributed by atoms with Crippen molar-refractivity contribution in [3.05, 3.63) is 101 Å². The van der Waals surface area contributed by atoms with E-state index in [9.17, 15) is 9.59 Å². The van der Waals surface area contributed by atoms with Gasteiger partial charge >= 0.3 is 0 Å². The first-order valence-electron chi connectivity index (χ1n) is 15.1. The molecule has 7 rings (SSSR count). The number of hydrogen-bond donors (Lipinski definition) is 4. The van der Waals surface area contributed by atoms with Gasteiger partial charge in [-0.05, 0) is 54.5 Å². The highest BCUT2D eigenvalue weighted by Crippen LogP contribution is 2.37. The van der Waals surface area contributed by atoms with Crippen LogP contribution in [0.3, 0.4) is 0 Å². The van der Waals surface area contributed by atoms with Crippen LogP contribution >= 0.6 is 12.4 Å². The number of ether oxygens (including phenoxy) is 1. The number of halogens is 1. The van der Waals surface area contributed by atoms with Gasteiger partial charge in [-0.1, -0.05) is 30.3 Å². The van der Waals surface area contributed by atoms with Gasteiger partial charge in [0.2, 0.25) is 0 Å². The van der Waals surface area contributed by atoms with Crippen LogP contribution in [-0.2, 0) is 16.1 Å². The fraction of sp³-hybridized carbons (Fsp3) is 0.235. The van der Waals surface area contributed by atoms with E-state index in [2.05, 4.69) is 76.9 Å². The summed E-state index contributed by atoms with van der Waals surface area (Å²) in [6.45, 7) is 7.18. The zero-order chi connectivity index (χ0) is 30.8. The third kappa shape index (κ3) is 6.52. The van der Waals surface area contributed by atoms with Crippen LogP contribution in [0.15, 0.2) is 73.2 Å². The van der Waals surface area contributed by atoms with Gasteiger partial charge in [-0.25, -0.2) is 9.97 Å². The molecule has 5 aromatic rings. The van der Waals surface area contributed by atoms with Gasteiger partial charge in [0.05, 0.1) is 24.4 Å². The van der Waals surface area contributed by atoms with Gasteiger partial charge < -0.3 is 30.2 Å². The minimum Gasteiger partial charge on any atom is -0.379 e. The first kappa shape index (κ1) is 31.0. The van der Waals surface area contributed by atoms with Gasteiger partial charge in [0.1, 0.15) is 23.7 Å². The first-order chi connectivity index (χ1) is 22.0. The van der Waals surface area contributed by atoms with Gasteiger partial charge in [-0.2, -0.15) is 0 Å².